The van der Waals surface area contributed by atoms with Gasteiger partial charge in [0.05, 0.1) is 51.9 Å². The number of carbonyl (C=O) groups is 1. The second kappa shape index (κ2) is 15.4. The molecule has 0 saturated carbocycles. The third-order valence-corrected chi connectivity index (χ3v) is 4.02. The van der Waals surface area contributed by atoms with Crippen LogP contribution in [0.2, 0.25) is 0 Å². The van der Waals surface area contributed by atoms with Gasteiger partial charge in [-0.15, -0.1) is 5.10 Å². The van der Waals surface area contributed by atoms with Crippen LogP contribution >= 0.6 is 45.5 Å². The number of hydrogen-bond donors (Lipinski definition) is 1. The highest BCUT2D eigenvalue weighted by Crippen LogP contribution is 2.04. The number of aryl methyl sites for hydroxylation is 1. The maximum atomic E-state index is 10.9. The van der Waals surface area contributed by atoms with Crippen LogP contribution in [0.5, 0.6) is 0 Å². The van der Waals surface area contributed by atoms with E-state index in [4.69, 9.17) is 14.2 Å². The first-order chi connectivity index (χ1) is 11.7. The summed E-state index contributed by atoms with van der Waals surface area (Å²) in [4.78, 5) is 10.9. The third-order valence-electron chi connectivity index (χ3n) is 2.94. The molecule has 0 aliphatic rings. The zero-order valence-electron chi connectivity index (χ0n) is 13.6. The summed E-state index contributed by atoms with van der Waals surface area (Å²) in [5.41, 5.74) is 0.911. The van der Waals surface area contributed by atoms with Gasteiger partial charge in [-0.25, -0.2) is 4.68 Å². The average molecular weight is 566 g/mol. The summed E-state index contributed by atoms with van der Waals surface area (Å²) in [6, 6.07) is 0. The highest BCUT2D eigenvalue weighted by molar-refractivity contribution is 14.1. The summed E-state index contributed by atoms with van der Waals surface area (Å²) >= 11 is 3.90. The van der Waals surface area contributed by atoms with Crippen LogP contribution in [0.25, 0.3) is 0 Å². The van der Waals surface area contributed by atoms with Crippen molar-refractivity contribution in [2.45, 2.75) is 25.8 Å². The Morgan fingerprint density at radius 2 is 1.79 bits per heavy atom. The first-order valence-corrected chi connectivity index (χ1v) is 10.0. The lowest BCUT2D eigenvalue weighted by Gasteiger charge is -2.06. The summed E-state index contributed by atoms with van der Waals surface area (Å²) in [7, 11) is 0. The summed E-state index contributed by atoms with van der Waals surface area (Å²) in [5.74, 6) is 0. The van der Waals surface area contributed by atoms with Crippen LogP contribution in [-0.2, 0) is 32.0 Å². The molecule has 0 aromatic carbocycles. The maximum Gasteiger partial charge on any atom is 0.192 e. The van der Waals surface area contributed by atoms with Crippen molar-refractivity contribution in [3.8, 4) is 0 Å². The van der Waals surface area contributed by atoms with Crippen molar-refractivity contribution in [3.63, 3.8) is 0 Å². The van der Waals surface area contributed by atoms with E-state index in [0.717, 1.165) is 25.1 Å². The predicted octanol–water partition coefficient (Wildman–Crippen LogP) is 1.55. The van der Waals surface area contributed by atoms with E-state index in [1.54, 1.807) is 4.68 Å². The quantitative estimate of drug-likeness (QED) is 0.141. The van der Waals surface area contributed by atoms with Gasteiger partial charge < -0.3 is 14.2 Å². The zero-order chi connectivity index (χ0) is 17.5. The Morgan fingerprint density at radius 1 is 1.12 bits per heavy atom. The molecule has 8 nitrogen and oxygen atoms in total. The molecule has 1 N–H and O–H groups in total. The summed E-state index contributed by atoms with van der Waals surface area (Å²) in [6.07, 6.45) is 4.07. The first kappa shape index (κ1) is 22.2. The molecule has 0 aliphatic heterocycles. The molecule has 1 heterocycles. The molecule has 0 aliphatic carbocycles. The number of hydrogen-bond acceptors (Lipinski definition) is 7. The van der Waals surface area contributed by atoms with E-state index >= 15 is 0 Å². The fraction of sp³-hybridized carbons (Fsp3) is 0.786. The van der Waals surface area contributed by atoms with Crippen molar-refractivity contribution >= 4 is 49.2 Å². The third kappa shape index (κ3) is 12.5. The molecule has 0 atom stereocenters. The van der Waals surface area contributed by atoms with Gasteiger partial charge in [0.1, 0.15) is 0 Å². The second-order valence-electron chi connectivity index (χ2n) is 4.90. The molecule has 0 radical (unpaired) electrons. The highest BCUT2D eigenvalue weighted by atomic mass is 127. The molecule has 1 rings (SSSR count). The predicted molar refractivity (Wildman–Crippen MR) is 106 cm³/mol. The second-order valence-corrected chi connectivity index (χ2v) is 6.87. The van der Waals surface area contributed by atoms with Gasteiger partial charge in [0.2, 0.25) is 0 Å². The Bertz CT molecular complexity index is 448. The molecule has 0 fully saturated rings. The van der Waals surface area contributed by atoms with Crippen molar-refractivity contribution in [1.82, 2.24) is 18.5 Å². The number of nitrogens with one attached hydrogen (secondary N) is 1. The van der Waals surface area contributed by atoms with Crippen molar-refractivity contribution in [3.05, 3.63) is 11.9 Å². The molecule has 0 spiro atoms. The largest absolute Gasteiger partial charge is 0.378 e. The molecule has 0 saturated heterocycles. The molecule has 1 aromatic heterocycles. The summed E-state index contributed by atoms with van der Waals surface area (Å²) in [5, 5.41) is 8.13. The fourth-order valence-electron chi connectivity index (χ4n) is 1.78. The molecular formula is C14H24I2N4O4. The lowest BCUT2D eigenvalue weighted by molar-refractivity contribution is -0.109. The average Bonchev–Trinajstić information content (AvgIpc) is 3.00. The van der Waals surface area contributed by atoms with E-state index in [1.165, 1.54) is 0 Å². The van der Waals surface area contributed by atoms with Gasteiger partial charge in [0.15, 0.2) is 3.79 Å². The molecule has 1 aromatic rings. The Balaban J connectivity index is 1.92. The van der Waals surface area contributed by atoms with Crippen molar-refractivity contribution in [1.29, 1.82) is 0 Å². The van der Waals surface area contributed by atoms with E-state index in [9.17, 15) is 4.79 Å². The minimum Gasteiger partial charge on any atom is -0.378 e. The molecule has 10 heteroatoms. The Labute approximate surface area is 170 Å². The number of nitrogens with zero attached hydrogens (tertiary/aromatic N) is 3. The highest BCUT2D eigenvalue weighted by Gasteiger charge is 2.02. The topological polar surface area (TPSA) is 87.5 Å². The van der Waals surface area contributed by atoms with E-state index in [2.05, 4.69) is 36.7 Å². The van der Waals surface area contributed by atoms with Gasteiger partial charge in [-0.3, -0.25) is 8.32 Å². The van der Waals surface area contributed by atoms with E-state index < -0.39 is 0 Å². The molecule has 24 heavy (non-hydrogen) atoms. The van der Waals surface area contributed by atoms with Crippen molar-refractivity contribution in [2.75, 3.05) is 46.2 Å². The molecule has 0 amide bonds. The standard InChI is InChI=1S/C14H24I2N4O4/c15-14(21)3-1-2-13-12-20(19-18-13)5-7-23-9-11-24-10-8-22-6-4-17-16/h12,17H,1-11H2. The van der Waals surface area contributed by atoms with Gasteiger partial charge in [-0.2, -0.15) is 0 Å². The van der Waals surface area contributed by atoms with E-state index in [-0.39, 0.29) is 3.79 Å². The van der Waals surface area contributed by atoms with Crippen LogP contribution in [-0.4, -0.2) is 65.0 Å². The lowest BCUT2D eigenvalue weighted by Crippen LogP contribution is -2.14. The fourth-order valence-corrected chi connectivity index (χ4v) is 2.38. The van der Waals surface area contributed by atoms with Crippen LogP contribution in [0, 0.1) is 0 Å². The summed E-state index contributed by atoms with van der Waals surface area (Å²) < 4.78 is 21.1. The first-order valence-electron chi connectivity index (χ1n) is 7.86. The normalized spacial score (nSPS) is 11.1. The number of rotatable bonds is 16. The van der Waals surface area contributed by atoms with Gasteiger partial charge in [0, 0.05) is 42.0 Å². The van der Waals surface area contributed by atoms with Crippen molar-refractivity contribution < 1.29 is 19.0 Å². The monoisotopic (exact) mass is 566 g/mol. The smallest absolute Gasteiger partial charge is 0.192 e. The molecule has 138 valence electrons. The Kier molecular flexibility index (Phi) is 14.2. The summed E-state index contributed by atoms with van der Waals surface area (Å²) in [6.45, 7) is 5.04. The van der Waals surface area contributed by atoms with Crippen LogP contribution in [0.3, 0.4) is 0 Å². The van der Waals surface area contributed by atoms with Crippen LogP contribution in [0.1, 0.15) is 18.5 Å². The SMILES string of the molecule is O=C(I)CCCc1cn(CCOCCOCCOCCNI)nn1. The van der Waals surface area contributed by atoms with Crippen molar-refractivity contribution in [2.24, 2.45) is 0 Å². The minimum atomic E-state index is 0.180. The Hall–Kier alpha value is 0.110. The molecule has 0 unspecified atom stereocenters. The zero-order valence-corrected chi connectivity index (χ0v) is 17.9. The van der Waals surface area contributed by atoms with Gasteiger partial charge in [-0.05, 0) is 35.4 Å². The minimum absolute atomic E-state index is 0.180. The molecular weight excluding hydrogens is 542 g/mol. The number of ether oxygens (including phenoxy) is 3. The van der Waals surface area contributed by atoms with E-state index in [1.807, 2.05) is 28.8 Å². The van der Waals surface area contributed by atoms with Crippen LogP contribution in [0.15, 0.2) is 6.20 Å². The maximum absolute atomic E-state index is 10.9. The number of carbonyl (C=O) groups excluding carboxylic acids is 1. The lowest BCUT2D eigenvalue weighted by atomic mass is 10.2. The van der Waals surface area contributed by atoms with E-state index in [0.29, 0.717) is 52.6 Å². The van der Waals surface area contributed by atoms with Gasteiger partial charge >= 0.3 is 0 Å². The molecule has 0 bridgehead atoms. The number of aromatic nitrogens is 3. The van der Waals surface area contributed by atoms with Crippen LogP contribution in [0.4, 0.5) is 0 Å². The number of halogens is 2. The van der Waals surface area contributed by atoms with Gasteiger partial charge in [0.25, 0.3) is 0 Å². The Morgan fingerprint density at radius 3 is 2.46 bits per heavy atom. The van der Waals surface area contributed by atoms with Gasteiger partial charge in [-0.1, -0.05) is 5.21 Å². The van der Waals surface area contributed by atoms with Crippen LogP contribution < -0.4 is 3.53 Å².